The molecule has 3 heterocycles. The zero-order chi connectivity index (χ0) is 17.8. The summed E-state index contributed by atoms with van der Waals surface area (Å²) in [6, 6.07) is 13.0. The van der Waals surface area contributed by atoms with Gasteiger partial charge in [-0.25, -0.2) is 4.79 Å². The van der Waals surface area contributed by atoms with Crippen LogP contribution in [-0.4, -0.2) is 38.8 Å². The van der Waals surface area contributed by atoms with Crippen LogP contribution in [0.4, 0.5) is 10.5 Å². The molecule has 1 aliphatic heterocycles. The lowest BCUT2D eigenvalue weighted by Crippen LogP contribution is -2.33. The molecule has 0 aliphatic carbocycles. The van der Waals surface area contributed by atoms with E-state index in [9.17, 15) is 4.79 Å². The summed E-state index contributed by atoms with van der Waals surface area (Å²) in [4.78, 5) is 18.3. The molecule has 1 N–H and O–H groups in total. The first-order chi connectivity index (χ1) is 12.8. The van der Waals surface area contributed by atoms with Crippen LogP contribution >= 0.6 is 0 Å². The van der Waals surface area contributed by atoms with Crippen LogP contribution in [0.3, 0.4) is 0 Å². The van der Waals surface area contributed by atoms with Gasteiger partial charge in [0.2, 0.25) is 0 Å². The number of benzene rings is 1. The van der Waals surface area contributed by atoms with Gasteiger partial charge in [0, 0.05) is 37.4 Å². The first-order valence-electron chi connectivity index (χ1n) is 8.51. The molecule has 0 saturated carbocycles. The largest absolute Gasteiger partial charge is 0.456 e. The molecule has 1 atom stereocenters. The number of aromatic nitrogens is 3. The van der Waals surface area contributed by atoms with Gasteiger partial charge in [-0.1, -0.05) is 0 Å². The van der Waals surface area contributed by atoms with Crippen molar-refractivity contribution in [3.8, 4) is 11.5 Å². The minimum Gasteiger partial charge on any atom is -0.456 e. The molecular weight excluding hydrogens is 330 g/mol. The number of amides is 2. The molecule has 0 radical (unpaired) electrons. The Morgan fingerprint density at radius 3 is 2.73 bits per heavy atom. The van der Waals surface area contributed by atoms with Gasteiger partial charge in [0.15, 0.2) is 0 Å². The average Bonchev–Trinajstić information content (AvgIpc) is 3.36. The third-order valence-corrected chi connectivity index (χ3v) is 4.33. The van der Waals surface area contributed by atoms with Crippen molar-refractivity contribution in [3.63, 3.8) is 0 Å². The van der Waals surface area contributed by atoms with Gasteiger partial charge in [0.1, 0.15) is 11.5 Å². The summed E-state index contributed by atoms with van der Waals surface area (Å²) < 4.78 is 7.61. The standard InChI is InChI=1S/C19H19N5O2/c25-19(23-12-8-16(14-23)24-11-2-10-21-24)22-15-4-6-17(7-5-15)26-18-3-1-9-20-13-18/h1-7,9-11,13,16H,8,12,14H2,(H,22,25)/t16-/m0/s1. The molecule has 0 unspecified atom stereocenters. The van der Waals surface area contributed by atoms with Crippen LogP contribution < -0.4 is 10.1 Å². The second-order valence-electron chi connectivity index (χ2n) is 6.12. The normalized spacial score (nSPS) is 16.5. The van der Waals surface area contributed by atoms with E-state index in [-0.39, 0.29) is 12.1 Å². The summed E-state index contributed by atoms with van der Waals surface area (Å²) in [5.74, 6) is 1.36. The number of carbonyl (C=O) groups is 1. The van der Waals surface area contributed by atoms with Crippen LogP contribution in [-0.2, 0) is 0 Å². The van der Waals surface area contributed by atoms with Crippen molar-refractivity contribution >= 4 is 11.7 Å². The molecular formula is C19H19N5O2. The molecule has 0 spiro atoms. The third kappa shape index (κ3) is 3.66. The topological polar surface area (TPSA) is 72.3 Å². The summed E-state index contributed by atoms with van der Waals surface area (Å²) in [6.45, 7) is 1.38. The zero-order valence-corrected chi connectivity index (χ0v) is 14.2. The minimum atomic E-state index is -0.0967. The second-order valence-corrected chi connectivity index (χ2v) is 6.12. The van der Waals surface area contributed by atoms with E-state index in [1.807, 2.05) is 58.2 Å². The van der Waals surface area contributed by atoms with Crippen LogP contribution in [0.2, 0.25) is 0 Å². The lowest BCUT2D eigenvalue weighted by atomic mass is 10.3. The predicted molar refractivity (Wildman–Crippen MR) is 97.2 cm³/mol. The number of nitrogens with one attached hydrogen (secondary N) is 1. The molecule has 132 valence electrons. The Hall–Kier alpha value is -3.35. The van der Waals surface area contributed by atoms with Crippen molar-refractivity contribution in [3.05, 3.63) is 67.3 Å². The lowest BCUT2D eigenvalue weighted by molar-refractivity contribution is 0.220. The molecule has 1 aliphatic rings. The fourth-order valence-corrected chi connectivity index (χ4v) is 2.99. The smallest absolute Gasteiger partial charge is 0.321 e. The van der Waals surface area contributed by atoms with E-state index in [2.05, 4.69) is 15.4 Å². The highest BCUT2D eigenvalue weighted by molar-refractivity contribution is 5.89. The predicted octanol–water partition coefficient (Wildman–Crippen LogP) is 3.55. The molecule has 2 amide bonds. The fourth-order valence-electron chi connectivity index (χ4n) is 2.99. The van der Waals surface area contributed by atoms with Gasteiger partial charge in [0.05, 0.1) is 12.2 Å². The van der Waals surface area contributed by atoms with Gasteiger partial charge in [-0.2, -0.15) is 5.10 Å². The molecule has 7 nitrogen and oxygen atoms in total. The Morgan fingerprint density at radius 2 is 2.00 bits per heavy atom. The summed E-state index contributed by atoms with van der Waals surface area (Å²) in [5, 5.41) is 7.19. The quantitative estimate of drug-likeness (QED) is 0.782. The van der Waals surface area contributed by atoms with Gasteiger partial charge in [0.25, 0.3) is 0 Å². The second kappa shape index (κ2) is 7.26. The number of anilines is 1. The number of nitrogens with zero attached hydrogens (tertiary/aromatic N) is 4. The summed E-state index contributed by atoms with van der Waals surface area (Å²) in [7, 11) is 0. The van der Waals surface area contributed by atoms with Crippen LogP contribution in [0, 0.1) is 0 Å². The van der Waals surface area contributed by atoms with E-state index in [1.54, 1.807) is 18.6 Å². The molecule has 1 aromatic carbocycles. The fraction of sp³-hybridized carbons (Fsp3) is 0.211. The van der Waals surface area contributed by atoms with Gasteiger partial charge < -0.3 is 15.0 Å². The van der Waals surface area contributed by atoms with Crippen LogP contribution in [0.1, 0.15) is 12.5 Å². The molecule has 1 saturated heterocycles. The number of carbonyl (C=O) groups excluding carboxylic acids is 1. The Kier molecular flexibility index (Phi) is 4.51. The van der Waals surface area contributed by atoms with Crippen molar-refractivity contribution in [1.82, 2.24) is 19.7 Å². The molecule has 26 heavy (non-hydrogen) atoms. The van der Waals surface area contributed by atoms with Crippen LogP contribution in [0.25, 0.3) is 0 Å². The molecule has 3 aromatic rings. The van der Waals surface area contributed by atoms with Crippen molar-refractivity contribution in [1.29, 1.82) is 0 Å². The maximum absolute atomic E-state index is 12.5. The highest BCUT2D eigenvalue weighted by Crippen LogP contribution is 2.24. The van der Waals surface area contributed by atoms with Gasteiger partial charge in [-0.3, -0.25) is 9.67 Å². The number of hydrogen-bond acceptors (Lipinski definition) is 4. The minimum absolute atomic E-state index is 0.0967. The maximum atomic E-state index is 12.5. The van der Waals surface area contributed by atoms with E-state index in [0.29, 0.717) is 18.0 Å². The van der Waals surface area contributed by atoms with Gasteiger partial charge in [-0.05, 0) is 48.9 Å². The first kappa shape index (κ1) is 16.1. The Labute approximate surface area is 151 Å². The van der Waals surface area contributed by atoms with Crippen LogP contribution in [0.5, 0.6) is 11.5 Å². The number of pyridine rings is 1. The zero-order valence-electron chi connectivity index (χ0n) is 14.2. The van der Waals surface area contributed by atoms with Crippen LogP contribution in [0.15, 0.2) is 67.3 Å². The monoisotopic (exact) mass is 349 g/mol. The number of urea groups is 1. The van der Waals surface area contributed by atoms with Crippen molar-refractivity contribution in [2.75, 3.05) is 18.4 Å². The van der Waals surface area contributed by atoms with E-state index in [4.69, 9.17) is 4.74 Å². The molecule has 1 fully saturated rings. The number of likely N-dealkylation sites (tertiary alicyclic amines) is 1. The van der Waals surface area contributed by atoms with Crippen molar-refractivity contribution in [2.24, 2.45) is 0 Å². The SMILES string of the molecule is O=C(Nc1ccc(Oc2cccnc2)cc1)N1CC[C@H](n2cccn2)C1. The molecule has 7 heteroatoms. The Balaban J connectivity index is 1.33. The van der Waals surface area contributed by atoms with E-state index in [0.717, 1.165) is 18.7 Å². The van der Waals surface area contributed by atoms with E-state index < -0.39 is 0 Å². The molecule has 2 aromatic heterocycles. The third-order valence-electron chi connectivity index (χ3n) is 4.33. The molecule has 0 bridgehead atoms. The Bertz CT molecular complexity index is 849. The van der Waals surface area contributed by atoms with Crippen molar-refractivity contribution in [2.45, 2.75) is 12.5 Å². The van der Waals surface area contributed by atoms with Gasteiger partial charge in [-0.15, -0.1) is 0 Å². The van der Waals surface area contributed by atoms with Gasteiger partial charge >= 0.3 is 6.03 Å². The summed E-state index contributed by atoms with van der Waals surface area (Å²) in [6.07, 6.45) is 7.96. The highest BCUT2D eigenvalue weighted by Gasteiger charge is 2.27. The first-order valence-corrected chi connectivity index (χ1v) is 8.51. The summed E-state index contributed by atoms with van der Waals surface area (Å²) in [5.41, 5.74) is 0.732. The van der Waals surface area contributed by atoms with E-state index >= 15 is 0 Å². The van der Waals surface area contributed by atoms with Crippen molar-refractivity contribution < 1.29 is 9.53 Å². The summed E-state index contributed by atoms with van der Waals surface area (Å²) >= 11 is 0. The highest BCUT2D eigenvalue weighted by atomic mass is 16.5. The Morgan fingerprint density at radius 1 is 1.12 bits per heavy atom. The number of rotatable bonds is 4. The number of ether oxygens (including phenoxy) is 1. The number of hydrogen-bond donors (Lipinski definition) is 1. The molecule has 4 rings (SSSR count). The average molecular weight is 349 g/mol. The lowest BCUT2D eigenvalue weighted by Gasteiger charge is -2.17. The van der Waals surface area contributed by atoms with E-state index in [1.165, 1.54) is 0 Å². The maximum Gasteiger partial charge on any atom is 0.321 e.